The summed E-state index contributed by atoms with van der Waals surface area (Å²) < 4.78 is 1.28. The van der Waals surface area contributed by atoms with Crippen LogP contribution in [0.4, 0.5) is 0 Å². The molecule has 0 radical (unpaired) electrons. The van der Waals surface area contributed by atoms with Gasteiger partial charge in [-0.15, -0.1) is 0 Å². The van der Waals surface area contributed by atoms with E-state index in [0.717, 1.165) is 0 Å². The Balaban J connectivity index is 2.89. The van der Waals surface area contributed by atoms with Gasteiger partial charge in [0.05, 0.1) is 0 Å². The zero-order valence-electron chi connectivity index (χ0n) is 7.18. The SMILES string of the molecule is NC(=O)c1ccc2ncccn2c1=O. The van der Waals surface area contributed by atoms with E-state index in [2.05, 4.69) is 4.98 Å². The smallest absolute Gasteiger partial charge is 0.269 e. The van der Waals surface area contributed by atoms with Crippen LogP contribution in [0.15, 0.2) is 35.4 Å². The number of pyridine rings is 1. The van der Waals surface area contributed by atoms with Gasteiger partial charge in [0.1, 0.15) is 11.2 Å². The lowest BCUT2D eigenvalue weighted by Crippen LogP contribution is -2.26. The third-order valence-electron chi connectivity index (χ3n) is 1.89. The molecule has 0 aliphatic rings. The molecule has 0 aliphatic heterocycles. The molecule has 0 fully saturated rings. The van der Waals surface area contributed by atoms with E-state index in [4.69, 9.17) is 5.73 Å². The van der Waals surface area contributed by atoms with E-state index >= 15 is 0 Å². The van der Waals surface area contributed by atoms with E-state index in [1.807, 2.05) is 0 Å². The molecule has 0 spiro atoms. The number of amides is 1. The summed E-state index contributed by atoms with van der Waals surface area (Å²) in [4.78, 5) is 26.4. The molecule has 2 heterocycles. The second kappa shape index (κ2) is 2.95. The lowest BCUT2D eigenvalue weighted by atomic mass is 10.2. The van der Waals surface area contributed by atoms with Gasteiger partial charge in [0, 0.05) is 12.4 Å². The Hall–Kier alpha value is -2.17. The predicted molar refractivity (Wildman–Crippen MR) is 50.0 cm³/mol. The second-order valence-corrected chi connectivity index (χ2v) is 2.76. The van der Waals surface area contributed by atoms with Gasteiger partial charge in [-0.05, 0) is 18.2 Å². The normalized spacial score (nSPS) is 10.3. The van der Waals surface area contributed by atoms with Crippen LogP contribution in [0.3, 0.4) is 0 Å². The number of nitrogens with zero attached hydrogens (tertiary/aromatic N) is 2. The number of nitrogens with two attached hydrogens (primary N) is 1. The minimum Gasteiger partial charge on any atom is -0.365 e. The molecule has 2 N–H and O–H groups in total. The van der Waals surface area contributed by atoms with E-state index in [9.17, 15) is 9.59 Å². The molecule has 0 atom stereocenters. The molecular formula is C9H7N3O2. The summed E-state index contributed by atoms with van der Waals surface area (Å²) in [6, 6.07) is 4.56. The fraction of sp³-hybridized carbons (Fsp3) is 0. The Labute approximate surface area is 78.8 Å². The standard InChI is InChI=1S/C9H7N3O2/c10-8(13)6-2-3-7-11-4-1-5-12(7)9(6)14/h1-5H,(H2,10,13). The molecule has 0 aromatic carbocycles. The zero-order valence-corrected chi connectivity index (χ0v) is 7.18. The van der Waals surface area contributed by atoms with Gasteiger partial charge < -0.3 is 5.73 Å². The maximum Gasteiger partial charge on any atom is 0.269 e. The number of fused-ring (bicyclic) bond motifs is 1. The van der Waals surface area contributed by atoms with Gasteiger partial charge in [-0.3, -0.25) is 14.0 Å². The topological polar surface area (TPSA) is 77.5 Å². The van der Waals surface area contributed by atoms with E-state index in [-0.39, 0.29) is 5.56 Å². The van der Waals surface area contributed by atoms with Crippen LogP contribution in [0, 0.1) is 0 Å². The molecule has 70 valence electrons. The molecule has 2 aromatic rings. The van der Waals surface area contributed by atoms with Crippen molar-refractivity contribution in [2.75, 3.05) is 0 Å². The molecule has 2 aromatic heterocycles. The summed E-state index contributed by atoms with van der Waals surface area (Å²) in [6.07, 6.45) is 3.11. The molecule has 14 heavy (non-hydrogen) atoms. The van der Waals surface area contributed by atoms with Crippen molar-refractivity contribution in [3.63, 3.8) is 0 Å². The van der Waals surface area contributed by atoms with E-state index in [1.165, 1.54) is 16.7 Å². The first-order chi connectivity index (χ1) is 6.70. The lowest BCUT2D eigenvalue weighted by molar-refractivity contribution is 0.0999. The number of aromatic nitrogens is 2. The molecule has 0 bridgehead atoms. The highest BCUT2D eigenvalue weighted by Gasteiger charge is 2.07. The van der Waals surface area contributed by atoms with Crippen molar-refractivity contribution in [2.45, 2.75) is 0 Å². The largest absolute Gasteiger partial charge is 0.365 e. The van der Waals surface area contributed by atoms with Crippen molar-refractivity contribution in [3.8, 4) is 0 Å². The molecule has 2 rings (SSSR count). The average molecular weight is 189 g/mol. The van der Waals surface area contributed by atoms with E-state index < -0.39 is 11.5 Å². The summed E-state index contributed by atoms with van der Waals surface area (Å²) in [7, 11) is 0. The number of hydrogen-bond acceptors (Lipinski definition) is 3. The Morgan fingerprint density at radius 1 is 1.43 bits per heavy atom. The van der Waals surface area contributed by atoms with Gasteiger partial charge >= 0.3 is 0 Å². The monoisotopic (exact) mass is 189 g/mol. The highest BCUT2D eigenvalue weighted by atomic mass is 16.2. The molecule has 5 heteroatoms. The second-order valence-electron chi connectivity index (χ2n) is 2.76. The number of primary amides is 1. The quantitative estimate of drug-likeness (QED) is 0.674. The highest BCUT2D eigenvalue weighted by molar-refractivity contribution is 5.92. The molecule has 0 unspecified atom stereocenters. The minimum atomic E-state index is -0.728. The fourth-order valence-corrected chi connectivity index (χ4v) is 1.22. The van der Waals surface area contributed by atoms with Crippen LogP contribution in [-0.4, -0.2) is 15.3 Å². The number of carbonyl (C=O) groups is 1. The lowest BCUT2D eigenvalue weighted by Gasteiger charge is -1.99. The molecular weight excluding hydrogens is 182 g/mol. The van der Waals surface area contributed by atoms with Crippen molar-refractivity contribution in [3.05, 3.63) is 46.5 Å². The van der Waals surface area contributed by atoms with Gasteiger partial charge in [-0.25, -0.2) is 4.98 Å². The number of carbonyl (C=O) groups excluding carboxylic acids is 1. The first-order valence-corrected chi connectivity index (χ1v) is 3.96. The van der Waals surface area contributed by atoms with Crippen molar-refractivity contribution in [1.29, 1.82) is 0 Å². The summed E-state index contributed by atoms with van der Waals surface area (Å²) >= 11 is 0. The van der Waals surface area contributed by atoms with E-state index in [0.29, 0.717) is 5.65 Å². The van der Waals surface area contributed by atoms with Crippen molar-refractivity contribution >= 4 is 11.6 Å². The fourth-order valence-electron chi connectivity index (χ4n) is 1.22. The Morgan fingerprint density at radius 2 is 2.21 bits per heavy atom. The number of rotatable bonds is 1. The van der Waals surface area contributed by atoms with Gasteiger partial charge in [0.15, 0.2) is 0 Å². The predicted octanol–water partition coefficient (Wildman–Crippen LogP) is -0.207. The van der Waals surface area contributed by atoms with Crippen LogP contribution in [-0.2, 0) is 0 Å². The molecule has 0 aliphatic carbocycles. The molecule has 5 nitrogen and oxygen atoms in total. The van der Waals surface area contributed by atoms with Crippen LogP contribution in [0.1, 0.15) is 10.4 Å². The van der Waals surface area contributed by atoms with Gasteiger partial charge in [0.25, 0.3) is 11.5 Å². The third kappa shape index (κ3) is 1.15. The zero-order chi connectivity index (χ0) is 10.1. The van der Waals surface area contributed by atoms with Crippen molar-refractivity contribution in [1.82, 2.24) is 9.38 Å². The van der Waals surface area contributed by atoms with Crippen LogP contribution in [0.25, 0.3) is 5.65 Å². The van der Waals surface area contributed by atoms with Crippen LogP contribution < -0.4 is 11.3 Å². The summed E-state index contributed by atoms with van der Waals surface area (Å²) in [6.45, 7) is 0. The van der Waals surface area contributed by atoms with E-state index in [1.54, 1.807) is 18.3 Å². The van der Waals surface area contributed by atoms with Crippen molar-refractivity contribution < 1.29 is 4.79 Å². The Bertz CT molecular complexity index is 559. The van der Waals surface area contributed by atoms with Gasteiger partial charge in [-0.1, -0.05) is 0 Å². The Morgan fingerprint density at radius 3 is 2.93 bits per heavy atom. The molecule has 1 amide bonds. The third-order valence-corrected chi connectivity index (χ3v) is 1.89. The van der Waals surface area contributed by atoms with Crippen LogP contribution in [0.2, 0.25) is 0 Å². The average Bonchev–Trinajstić information content (AvgIpc) is 2.18. The first-order valence-electron chi connectivity index (χ1n) is 3.96. The van der Waals surface area contributed by atoms with Gasteiger partial charge in [0.2, 0.25) is 0 Å². The maximum atomic E-state index is 11.6. The van der Waals surface area contributed by atoms with Crippen molar-refractivity contribution in [2.24, 2.45) is 5.73 Å². The number of hydrogen-bond donors (Lipinski definition) is 1. The van der Waals surface area contributed by atoms with Gasteiger partial charge in [-0.2, -0.15) is 0 Å². The highest BCUT2D eigenvalue weighted by Crippen LogP contribution is 1.97. The first kappa shape index (κ1) is 8.43. The molecule has 0 saturated carbocycles. The summed E-state index contributed by atoms with van der Waals surface area (Å²) in [5.74, 6) is -0.728. The maximum absolute atomic E-state index is 11.6. The van der Waals surface area contributed by atoms with Crippen LogP contribution in [0.5, 0.6) is 0 Å². The molecule has 0 saturated heterocycles. The minimum absolute atomic E-state index is 0.0319. The Kier molecular flexibility index (Phi) is 1.78. The summed E-state index contributed by atoms with van der Waals surface area (Å²) in [5.41, 5.74) is 5.05. The summed E-state index contributed by atoms with van der Waals surface area (Å²) in [5, 5.41) is 0. The van der Waals surface area contributed by atoms with Crippen LogP contribution >= 0.6 is 0 Å².